The summed E-state index contributed by atoms with van der Waals surface area (Å²) in [5, 5.41) is 0.358. The standard InChI is InChI=1S/C26H22N4O3/c1-16-11-12-17(2)21(14-16)24-28-22(18(3)33-24)15-29-25(31)20-10-7-13-27-23(20)30(26(29)32)19-8-5-4-6-9-19/h4-14H,15H2,1-3H3. The van der Waals surface area contributed by atoms with Gasteiger partial charge in [-0.1, -0.05) is 35.9 Å². The lowest BCUT2D eigenvalue weighted by Crippen LogP contribution is -2.40. The molecule has 0 unspecified atom stereocenters. The Morgan fingerprint density at radius 1 is 0.939 bits per heavy atom. The molecule has 0 bridgehead atoms. The molecule has 7 nitrogen and oxygen atoms in total. The Hall–Kier alpha value is -4.26. The molecule has 0 saturated carbocycles. The number of fused-ring (bicyclic) bond motifs is 1. The van der Waals surface area contributed by atoms with Crippen LogP contribution in [0.25, 0.3) is 28.2 Å². The normalized spacial score (nSPS) is 11.2. The van der Waals surface area contributed by atoms with E-state index in [1.165, 1.54) is 9.13 Å². The number of aryl methyl sites for hydroxylation is 3. The van der Waals surface area contributed by atoms with Gasteiger partial charge in [0, 0.05) is 11.8 Å². The molecule has 0 aliphatic rings. The highest BCUT2D eigenvalue weighted by Gasteiger charge is 2.19. The summed E-state index contributed by atoms with van der Waals surface area (Å²) in [5.74, 6) is 1.04. The molecule has 3 heterocycles. The van der Waals surface area contributed by atoms with E-state index in [9.17, 15) is 9.59 Å². The average molecular weight is 438 g/mol. The Bertz CT molecular complexity index is 1610. The van der Waals surface area contributed by atoms with Crippen LogP contribution in [0, 0.1) is 20.8 Å². The first-order valence-electron chi connectivity index (χ1n) is 10.6. The molecule has 33 heavy (non-hydrogen) atoms. The summed E-state index contributed by atoms with van der Waals surface area (Å²) in [5.41, 5.74) is 3.62. The van der Waals surface area contributed by atoms with Gasteiger partial charge in [-0.15, -0.1) is 0 Å². The molecule has 0 saturated heterocycles. The van der Waals surface area contributed by atoms with Crippen molar-refractivity contribution in [2.24, 2.45) is 0 Å². The van der Waals surface area contributed by atoms with Crippen LogP contribution in [0.2, 0.25) is 0 Å². The summed E-state index contributed by atoms with van der Waals surface area (Å²) >= 11 is 0. The fraction of sp³-hybridized carbons (Fsp3) is 0.154. The van der Waals surface area contributed by atoms with Crippen molar-refractivity contribution in [2.75, 3.05) is 0 Å². The van der Waals surface area contributed by atoms with Gasteiger partial charge >= 0.3 is 5.69 Å². The third kappa shape index (κ3) is 3.57. The quantitative estimate of drug-likeness (QED) is 0.420. The van der Waals surface area contributed by atoms with E-state index in [4.69, 9.17) is 4.42 Å². The summed E-state index contributed by atoms with van der Waals surface area (Å²) in [6.07, 6.45) is 1.57. The van der Waals surface area contributed by atoms with Gasteiger partial charge in [-0.3, -0.25) is 9.36 Å². The van der Waals surface area contributed by atoms with Gasteiger partial charge in [-0.2, -0.15) is 0 Å². The van der Waals surface area contributed by atoms with Crippen LogP contribution in [0.3, 0.4) is 0 Å². The fourth-order valence-electron chi connectivity index (χ4n) is 3.94. The van der Waals surface area contributed by atoms with E-state index in [1.54, 1.807) is 25.3 Å². The number of rotatable bonds is 4. The fourth-order valence-corrected chi connectivity index (χ4v) is 3.94. The third-order valence-corrected chi connectivity index (χ3v) is 5.73. The Kier molecular flexibility index (Phi) is 5.01. The SMILES string of the molecule is Cc1ccc(C)c(-c2nc(Cn3c(=O)c4cccnc4n(-c4ccccc4)c3=O)c(C)o2)c1. The zero-order chi connectivity index (χ0) is 23.1. The number of pyridine rings is 1. The third-order valence-electron chi connectivity index (χ3n) is 5.73. The van der Waals surface area contributed by atoms with E-state index < -0.39 is 11.2 Å². The lowest BCUT2D eigenvalue weighted by molar-refractivity contribution is 0.536. The number of hydrogen-bond acceptors (Lipinski definition) is 5. The van der Waals surface area contributed by atoms with E-state index in [2.05, 4.69) is 9.97 Å². The molecular weight excluding hydrogens is 416 g/mol. The molecule has 2 aromatic carbocycles. The van der Waals surface area contributed by atoms with Crippen LogP contribution in [-0.2, 0) is 6.54 Å². The van der Waals surface area contributed by atoms with Gasteiger partial charge in [-0.25, -0.2) is 19.3 Å². The molecule has 3 aromatic heterocycles. The van der Waals surface area contributed by atoms with E-state index in [0.717, 1.165) is 16.7 Å². The van der Waals surface area contributed by atoms with Crippen molar-refractivity contribution in [1.82, 2.24) is 19.1 Å². The summed E-state index contributed by atoms with van der Waals surface area (Å²) in [6, 6.07) is 18.6. The van der Waals surface area contributed by atoms with Gasteiger partial charge in [0.2, 0.25) is 5.89 Å². The predicted molar refractivity (Wildman–Crippen MR) is 127 cm³/mol. The molecular formula is C26H22N4O3. The molecule has 0 fully saturated rings. The van der Waals surface area contributed by atoms with E-state index in [1.807, 2.05) is 62.4 Å². The second kappa shape index (κ2) is 8.02. The largest absolute Gasteiger partial charge is 0.441 e. The van der Waals surface area contributed by atoms with Gasteiger partial charge in [0.1, 0.15) is 11.5 Å². The minimum Gasteiger partial charge on any atom is -0.441 e. The van der Waals surface area contributed by atoms with Crippen molar-refractivity contribution < 1.29 is 4.42 Å². The molecule has 0 spiro atoms. The highest BCUT2D eigenvalue weighted by atomic mass is 16.4. The van der Waals surface area contributed by atoms with Crippen molar-refractivity contribution in [3.8, 4) is 17.1 Å². The number of oxazole rings is 1. The maximum atomic E-state index is 13.5. The van der Waals surface area contributed by atoms with Crippen LogP contribution < -0.4 is 11.2 Å². The topological polar surface area (TPSA) is 82.9 Å². The van der Waals surface area contributed by atoms with Gasteiger partial charge in [-0.05, 0) is 56.7 Å². The van der Waals surface area contributed by atoms with E-state index in [-0.39, 0.29) is 6.54 Å². The second-order valence-electron chi connectivity index (χ2n) is 8.06. The maximum absolute atomic E-state index is 13.5. The Labute approximate surface area is 189 Å². The first-order chi connectivity index (χ1) is 15.9. The van der Waals surface area contributed by atoms with Crippen LogP contribution in [0.15, 0.2) is 80.9 Å². The first kappa shape index (κ1) is 20.6. The number of benzene rings is 2. The van der Waals surface area contributed by atoms with Crippen molar-refractivity contribution in [1.29, 1.82) is 0 Å². The zero-order valence-electron chi connectivity index (χ0n) is 18.6. The first-order valence-corrected chi connectivity index (χ1v) is 10.6. The molecule has 7 heteroatoms. The lowest BCUT2D eigenvalue weighted by Gasteiger charge is -2.12. The zero-order valence-corrected chi connectivity index (χ0v) is 18.6. The molecule has 5 rings (SSSR count). The van der Waals surface area contributed by atoms with Crippen molar-refractivity contribution in [2.45, 2.75) is 27.3 Å². The Morgan fingerprint density at radius 2 is 1.73 bits per heavy atom. The van der Waals surface area contributed by atoms with Crippen LogP contribution in [0.4, 0.5) is 0 Å². The summed E-state index contributed by atoms with van der Waals surface area (Å²) in [7, 11) is 0. The molecule has 0 radical (unpaired) electrons. The maximum Gasteiger partial charge on any atom is 0.337 e. The van der Waals surface area contributed by atoms with Gasteiger partial charge < -0.3 is 4.42 Å². The number of nitrogens with zero attached hydrogens (tertiary/aromatic N) is 4. The van der Waals surface area contributed by atoms with E-state index in [0.29, 0.717) is 34.1 Å². The number of para-hydroxylation sites is 1. The summed E-state index contributed by atoms with van der Waals surface area (Å²) < 4.78 is 8.59. The van der Waals surface area contributed by atoms with Crippen molar-refractivity contribution in [3.05, 3.63) is 110 Å². The molecule has 0 N–H and O–H groups in total. The molecule has 0 aliphatic carbocycles. The predicted octanol–water partition coefficient (Wildman–Crippen LogP) is 4.18. The van der Waals surface area contributed by atoms with Crippen LogP contribution >= 0.6 is 0 Å². The smallest absolute Gasteiger partial charge is 0.337 e. The molecule has 5 aromatic rings. The van der Waals surface area contributed by atoms with Crippen molar-refractivity contribution >= 4 is 11.0 Å². The molecule has 0 amide bonds. The van der Waals surface area contributed by atoms with Crippen LogP contribution in [0.5, 0.6) is 0 Å². The van der Waals surface area contributed by atoms with E-state index >= 15 is 0 Å². The Morgan fingerprint density at radius 3 is 2.52 bits per heavy atom. The second-order valence-corrected chi connectivity index (χ2v) is 8.06. The summed E-state index contributed by atoms with van der Waals surface area (Å²) in [6.45, 7) is 5.79. The average Bonchev–Trinajstić information content (AvgIpc) is 3.19. The summed E-state index contributed by atoms with van der Waals surface area (Å²) in [4.78, 5) is 35.8. The molecule has 0 aliphatic heterocycles. The van der Waals surface area contributed by atoms with Gasteiger partial charge in [0.15, 0.2) is 5.65 Å². The van der Waals surface area contributed by atoms with Crippen molar-refractivity contribution in [3.63, 3.8) is 0 Å². The molecule has 164 valence electrons. The number of aromatic nitrogens is 4. The Balaban J connectivity index is 1.68. The van der Waals surface area contributed by atoms with Crippen LogP contribution in [0.1, 0.15) is 22.6 Å². The molecule has 0 atom stereocenters. The number of hydrogen-bond donors (Lipinski definition) is 0. The highest BCUT2D eigenvalue weighted by Crippen LogP contribution is 2.26. The van der Waals surface area contributed by atoms with Gasteiger partial charge in [0.25, 0.3) is 5.56 Å². The monoisotopic (exact) mass is 438 g/mol. The minimum absolute atomic E-state index is 0.00443. The lowest BCUT2D eigenvalue weighted by atomic mass is 10.1. The van der Waals surface area contributed by atoms with Gasteiger partial charge in [0.05, 0.1) is 17.6 Å². The minimum atomic E-state index is -0.479. The highest BCUT2D eigenvalue weighted by molar-refractivity contribution is 5.75. The van der Waals surface area contributed by atoms with Crippen LogP contribution in [-0.4, -0.2) is 19.1 Å².